The normalized spacial score (nSPS) is 24.4. The zero-order valence-electron chi connectivity index (χ0n) is 23.5. The van der Waals surface area contributed by atoms with Crippen molar-refractivity contribution in [2.75, 3.05) is 6.54 Å². The highest BCUT2D eigenvalue weighted by molar-refractivity contribution is 6.30. The fraction of sp³-hybridized carbons (Fsp3) is 0.158. The number of rotatable bonds is 4. The maximum atomic E-state index is 8.39. The average Bonchev–Trinajstić information content (AvgIpc) is 3.75. The molecule has 4 nitrogen and oxygen atoms in total. The lowest BCUT2D eigenvalue weighted by Gasteiger charge is -2.14. The number of hydrogen-bond donors (Lipinski definition) is 1. The largest absolute Gasteiger partial charge is 0.300 e. The Morgan fingerprint density at radius 3 is 2.24 bits per heavy atom. The van der Waals surface area contributed by atoms with E-state index in [1.165, 1.54) is 28.0 Å². The average molecular weight is 543 g/mol. The van der Waals surface area contributed by atoms with Gasteiger partial charge in [0.15, 0.2) is 0 Å². The van der Waals surface area contributed by atoms with E-state index in [2.05, 4.69) is 91.9 Å². The number of nitrogens with zero attached hydrogens (tertiary/aromatic N) is 3. The summed E-state index contributed by atoms with van der Waals surface area (Å²) in [7, 11) is 0. The number of fused-ring (bicyclic) bond motifs is 4. The van der Waals surface area contributed by atoms with Crippen molar-refractivity contribution in [1.82, 2.24) is 0 Å². The molecule has 0 saturated carbocycles. The molecule has 0 amide bonds. The van der Waals surface area contributed by atoms with Crippen LogP contribution in [0.4, 0.5) is 0 Å². The van der Waals surface area contributed by atoms with Gasteiger partial charge in [-0.15, -0.1) is 0 Å². The molecule has 0 fully saturated rings. The summed E-state index contributed by atoms with van der Waals surface area (Å²) < 4.78 is 0. The van der Waals surface area contributed by atoms with Gasteiger partial charge in [0.05, 0.1) is 29.4 Å². The standard InChI is InChI=1S/C38H30N4/c1-23-18-35(28-13-5-2-10-25(23)28)41-36-19-24(26-11-3-6-14-29(26)36)22-40-34-21-38(32-17-9-8-16-31(32)34)42-37-20-33(39)27-12-4-7-15-30(27)37/h2-17,19-20,23,25,39H,18,21-22H2,1H3/b39-33?,40-34+,41-36+,42-38+. The molecule has 202 valence electrons. The highest BCUT2D eigenvalue weighted by Gasteiger charge is 2.31. The van der Waals surface area contributed by atoms with Crippen LogP contribution in [-0.2, 0) is 0 Å². The molecule has 3 aromatic rings. The Labute approximate surface area is 246 Å². The molecule has 5 aliphatic carbocycles. The lowest BCUT2D eigenvalue weighted by molar-refractivity contribution is 0.523. The van der Waals surface area contributed by atoms with Crippen LogP contribution in [0.15, 0.2) is 135 Å². The second-order valence-electron chi connectivity index (χ2n) is 11.6. The number of nitrogens with one attached hydrogen (secondary N) is 1. The maximum absolute atomic E-state index is 8.39. The van der Waals surface area contributed by atoms with Crippen LogP contribution >= 0.6 is 0 Å². The minimum atomic E-state index is 0.471. The molecule has 5 aliphatic rings. The Bertz CT molecular complexity index is 1940. The van der Waals surface area contributed by atoms with E-state index in [0.29, 0.717) is 30.5 Å². The number of benzene rings is 3. The van der Waals surface area contributed by atoms with Crippen LogP contribution < -0.4 is 0 Å². The Morgan fingerprint density at radius 2 is 1.43 bits per heavy atom. The summed E-state index contributed by atoms with van der Waals surface area (Å²) in [5.41, 5.74) is 14.9. The Morgan fingerprint density at radius 1 is 0.738 bits per heavy atom. The minimum Gasteiger partial charge on any atom is -0.300 e. The second kappa shape index (κ2) is 9.85. The van der Waals surface area contributed by atoms with Crippen LogP contribution in [0.5, 0.6) is 0 Å². The van der Waals surface area contributed by atoms with Gasteiger partial charge in [-0.05, 0) is 41.2 Å². The molecule has 0 bridgehead atoms. The van der Waals surface area contributed by atoms with Crippen molar-refractivity contribution in [3.8, 4) is 0 Å². The van der Waals surface area contributed by atoms with Crippen molar-refractivity contribution in [2.45, 2.75) is 19.8 Å². The molecule has 1 N–H and O–H groups in total. The number of hydrogen-bond acceptors (Lipinski definition) is 4. The van der Waals surface area contributed by atoms with Crippen LogP contribution in [0.3, 0.4) is 0 Å². The van der Waals surface area contributed by atoms with Gasteiger partial charge in [0, 0.05) is 51.6 Å². The zero-order valence-corrected chi connectivity index (χ0v) is 23.5. The monoisotopic (exact) mass is 542 g/mol. The number of aliphatic imine (C=N–C) groups is 3. The van der Waals surface area contributed by atoms with Crippen molar-refractivity contribution in [1.29, 1.82) is 5.41 Å². The summed E-state index contributed by atoms with van der Waals surface area (Å²) in [6.07, 6.45) is 14.6. The van der Waals surface area contributed by atoms with Gasteiger partial charge in [0.2, 0.25) is 0 Å². The quantitative estimate of drug-likeness (QED) is 0.347. The Balaban J connectivity index is 1.12. The van der Waals surface area contributed by atoms with Gasteiger partial charge >= 0.3 is 0 Å². The van der Waals surface area contributed by atoms with Crippen LogP contribution in [-0.4, -0.2) is 29.4 Å². The zero-order chi connectivity index (χ0) is 28.2. The van der Waals surface area contributed by atoms with Crippen LogP contribution in [0.2, 0.25) is 0 Å². The van der Waals surface area contributed by atoms with E-state index < -0.39 is 0 Å². The fourth-order valence-electron chi connectivity index (χ4n) is 6.91. The Kier molecular flexibility index (Phi) is 5.81. The van der Waals surface area contributed by atoms with Crippen molar-refractivity contribution >= 4 is 34.1 Å². The van der Waals surface area contributed by atoms with Gasteiger partial charge in [-0.25, -0.2) is 0 Å². The Hall–Kier alpha value is -4.96. The smallest absolute Gasteiger partial charge is 0.0733 e. The van der Waals surface area contributed by atoms with Crippen molar-refractivity contribution in [3.63, 3.8) is 0 Å². The lowest BCUT2D eigenvalue weighted by atomic mass is 9.90. The molecular weight excluding hydrogens is 512 g/mol. The van der Waals surface area contributed by atoms with Gasteiger partial charge in [-0.3, -0.25) is 15.0 Å². The molecule has 0 aromatic heterocycles. The molecule has 8 rings (SSSR count). The van der Waals surface area contributed by atoms with E-state index in [1.807, 2.05) is 24.3 Å². The van der Waals surface area contributed by atoms with Crippen molar-refractivity contribution < 1.29 is 0 Å². The number of allylic oxidation sites excluding steroid dienone is 8. The van der Waals surface area contributed by atoms with Gasteiger partial charge < -0.3 is 5.41 Å². The highest BCUT2D eigenvalue weighted by atomic mass is 14.8. The van der Waals surface area contributed by atoms with E-state index in [4.69, 9.17) is 20.4 Å². The fourth-order valence-corrected chi connectivity index (χ4v) is 6.91. The summed E-state index contributed by atoms with van der Waals surface area (Å²) >= 11 is 0. The van der Waals surface area contributed by atoms with Gasteiger partial charge in [0.25, 0.3) is 0 Å². The van der Waals surface area contributed by atoms with Crippen LogP contribution in [0.1, 0.15) is 53.1 Å². The lowest BCUT2D eigenvalue weighted by Crippen LogP contribution is -2.05. The first-order valence-corrected chi connectivity index (χ1v) is 14.7. The summed E-state index contributed by atoms with van der Waals surface area (Å²) in [6, 6.07) is 25.0. The third kappa shape index (κ3) is 4.06. The first kappa shape index (κ1) is 24.8. The summed E-state index contributed by atoms with van der Waals surface area (Å²) in [4.78, 5) is 15.5. The molecule has 42 heavy (non-hydrogen) atoms. The van der Waals surface area contributed by atoms with Crippen molar-refractivity contribution in [2.24, 2.45) is 26.8 Å². The third-order valence-electron chi connectivity index (χ3n) is 9.00. The van der Waals surface area contributed by atoms with Gasteiger partial charge in [-0.2, -0.15) is 0 Å². The first-order valence-electron chi connectivity index (χ1n) is 14.7. The highest BCUT2D eigenvalue weighted by Crippen LogP contribution is 2.42. The molecule has 0 radical (unpaired) electrons. The first-order chi connectivity index (χ1) is 20.6. The van der Waals surface area contributed by atoms with Crippen LogP contribution in [0.25, 0.3) is 11.3 Å². The van der Waals surface area contributed by atoms with Gasteiger partial charge in [0.1, 0.15) is 0 Å². The SMILES string of the molecule is CC1CC(/N=C2\C=C(C/N=C3\C/C(=N\C4=CC(=N)c5ccccc54)c4ccccc43)c3ccccc32)=C2C=CC=CC21. The van der Waals surface area contributed by atoms with Crippen LogP contribution in [0, 0.1) is 17.2 Å². The summed E-state index contributed by atoms with van der Waals surface area (Å²) in [5, 5.41) is 8.39. The third-order valence-corrected chi connectivity index (χ3v) is 9.00. The summed E-state index contributed by atoms with van der Waals surface area (Å²) in [5.74, 6) is 1.04. The molecule has 2 atom stereocenters. The molecule has 0 heterocycles. The minimum absolute atomic E-state index is 0.471. The van der Waals surface area contributed by atoms with E-state index >= 15 is 0 Å². The second-order valence-corrected chi connectivity index (χ2v) is 11.6. The van der Waals surface area contributed by atoms with E-state index in [-0.39, 0.29) is 0 Å². The predicted octanol–water partition coefficient (Wildman–Crippen LogP) is 8.01. The molecule has 0 aliphatic heterocycles. The summed E-state index contributed by atoms with van der Waals surface area (Å²) in [6.45, 7) is 2.92. The molecule has 4 heteroatoms. The molecular formula is C38H30N4. The van der Waals surface area contributed by atoms with Crippen molar-refractivity contribution in [3.05, 3.63) is 154 Å². The molecule has 3 aromatic carbocycles. The predicted molar refractivity (Wildman–Crippen MR) is 174 cm³/mol. The van der Waals surface area contributed by atoms with E-state index in [0.717, 1.165) is 51.5 Å². The van der Waals surface area contributed by atoms with E-state index in [9.17, 15) is 0 Å². The molecule has 0 saturated heterocycles. The van der Waals surface area contributed by atoms with E-state index in [1.54, 1.807) is 0 Å². The molecule has 0 spiro atoms. The van der Waals surface area contributed by atoms with Gasteiger partial charge in [-0.1, -0.05) is 104 Å². The topological polar surface area (TPSA) is 60.9 Å². The maximum Gasteiger partial charge on any atom is 0.0733 e. The molecule has 2 unspecified atom stereocenters.